The predicted octanol–water partition coefficient (Wildman–Crippen LogP) is 12.5. The first-order chi connectivity index (χ1) is 28.7. The summed E-state index contributed by atoms with van der Waals surface area (Å²) in [5, 5.41) is 2.25. The number of pyridine rings is 2. The van der Waals surface area contributed by atoms with Crippen LogP contribution in [0.3, 0.4) is 0 Å². The molecule has 0 amide bonds. The van der Waals surface area contributed by atoms with E-state index in [-0.39, 0.29) is 0 Å². The van der Waals surface area contributed by atoms with Crippen LogP contribution < -0.4 is 0 Å². The molecule has 6 heteroatoms. The maximum atomic E-state index is 4.99. The number of nitrogens with zero attached hydrogens (tertiary/aromatic N) is 6. The van der Waals surface area contributed by atoms with E-state index in [1.54, 1.807) is 0 Å². The zero-order valence-electron chi connectivity index (χ0n) is 31.3. The standard InChI is InChI=1S/C52H34N6/c1-5-15-35(16-6-1)46-31-47(36-17-7-2-8-18-36)56-51(55-46)44-29-27-40(33-53-44)42-25-13-23-39-24-14-26-43(50(39)42)41-28-30-45(54-34-41)52-57-48(37-19-9-3-10-20-37)32-49(58-52)38-21-11-4-12-22-38/h1-34H. The van der Waals surface area contributed by atoms with Gasteiger partial charge in [-0.25, -0.2) is 19.9 Å². The number of fused-ring (bicyclic) bond motifs is 1. The molecular formula is C52H34N6. The Kier molecular flexibility index (Phi) is 9.10. The lowest BCUT2D eigenvalue weighted by Gasteiger charge is -2.13. The molecule has 0 aliphatic heterocycles. The number of rotatable bonds is 8. The molecule has 58 heavy (non-hydrogen) atoms. The third-order valence-corrected chi connectivity index (χ3v) is 10.2. The summed E-state index contributed by atoms with van der Waals surface area (Å²) in [5.74, 6) is 1.15. The van der Waals surface area contributed by atoms with Gasteiger partial charge >= 0.3 is 0 Å². The van der Waals surface area contributed by atoms with E-state index in [0.29, 0.717) is 23.0 Å². The molecule has 0 atom stereocenters. The minimum atomic E-state index is 0.575. The molecule has 4 heterocycles. The smallest absolute Gasteiger partial charge is 0.179 e. The second-order valence-electron chi connectivity index (χ2n) is 14.0. The van der Waals surface area contributed by atoms with Crippen LogP contribution in [-0.2, 0) is 0 Å². The summed E-state index contributed by atoms with van der Waals surface area (Å²) in [6.45, 7) is 0. The Labute approximate surface area is 336 Å². The van der Waals surface area contributed by atoms with Crippen LogP contribution in [0.2, 0.25) is 0 Å². The second kappa shape index (κ2) is 15.3. The average molecular weight is 743 g/mol. The molecule has 10 aromatic rings. The van der Waals surface area contributed by atoms with Crippen molar-refractivity contribution in [2.24, 2.45) is 0 Å². The van der Waals surface area contributed by atoms with E-state index < -0.39 is 0 Å². The van der Waals surface area contributed by atoms with E-state index >= 15 is 0 Å². The lowest BCUT2D eigenvalue weighted by atomic mass is 9.92. The Morgan fingerprint density at radius 1 is 0.259 bits per heavy atom. The largest absolute Gasteiger partial charge is 0.252 e. The minimum Gasteiger partial charge on any atom is -0.252 e. The van der Waals surface area contributed by atoms with Crippen molar-refractivity contribution in [3.63, 3.8) is 0 Å². The van der Waals surface area contributed by atoms with Crippen LogP contribution in [0.15, 0.2) is 207 Å². The Morgan fingerprint density at radius 2 is 0.603 bits per heavy atom. The zero-order chi connectivity index (χ0) is 38.7. The van der Waals surface area contributed by atoms with E-state index in [0.717, 1.165) is 78.1 Å². The third-order valence-electron chi connectivity index (χ3n) is 10.2. The summed E-state index contributed by atoms with van der Waals surface area (Å²) in [6, 6.07) is 65.9. The first kappa shape index (κ1) is 34.5. The summed E-state index contributed by atoms with van der Waals surface area (Å²) in [5.41, 5.74) is 13.0. The molecule has 6 aromatic carbocycles. The van der Waals surface area contributed by atoms with Gasteiger partial charge < -0.3 is 0 Å². The van der Waals surface area contributed by atoms with Crippen molar-refractivity contribution < 1.29 is 0 Å². The summed E-state index contributed by atoms with van der Waals surface area (Å²) in [6.07, 6.45) is 3.84. The number of hydrogen-bond acceptors (Lipinski definition) is 6. The second-order valence-corrected chi connectivity index (χ2v) is 14.0. The van der Waals surface area contributed by atoms with E-state index in [1.807, 2.05) is 109 Å². The molecule has 0 saturated heterocycles. The maximum Gasteiger partial charge on any atom is 0.179 e. The molecule has 0 aliphatic rings. The van der Waals surface area contributed by atoms with Gasteiger partial charge in [0.15, 0.2) is 11.6 Å². The highest BCUT2D eigenvalue weighted by molar-refractivity contribution is 6.06. The zero-order valence-corrected chi connectivity index (χ0v) is 31.3. The van der Waals surface area contributed by atoms with E-state index in [2.05, 4.69) is 97.1 Å². The normalized spacial score (nSPS) is 11.1. The summed E-state index contributed by atoms with van der Waals surface area (Å²) in [4.78, 5) is 29.9. The van der Waals surface area contributed by atoms with E-state index in [1.165, 1.54) is 0 Å². The molecule has 0 saturated carbocycles. The fourth-order valence-electron chi connectivity index (χ4n) is 7.34. The Hall–Kier alpha value is -7.96. The van der Waals surface area contributed by atoms with Gasteiger partial charge in [0.1, 0.15) is 11.4 Å². The van der Waals surface area contributed by atoms with Crippen molar-refractivity contribution in [3.8, 4) is 90.3 Å². The predicted molar refractivity (Wildman–Crippen MR) is 234 cm³/mol. The summed E-state index contributed by atoms with van der Waals surface area (Å²) >= 11 is 0. The van der Waals surface area contributed by atoms with Crippen LogP contribution in [0.1, 0.15) is 0 Å². The van der Waals surface area contributed by atoms with Gasteiger partial charge in [-0.3, -0.25) is 9.97 Å². The van der Waals surface area contributed by atoms with Crippen LogP contribution in [0.25, 0.3) is 101 Å². The molecule has 0 spiro atoms. The average Bonchev–Trinajstić information content (AvgIpc) is 3.32. The van der Waals surface area contributed by atoms with E-state index in [9.17, 15) is 0 Å². The van der Waals surface area contributed by atoms with Crippen LogP contribution >= 0.6 is 0 Å². The fraction of sp³-hybridized carbons (Fsp3) is 0. The van der Waals surface area contributed by atoms with Gasteiger partial charge in [-0.15, -0.1) is 0 Å². The molecule has 272 valence electrons. The first-order valence-corrected chi connectivity index (χ1v) is 19.2. The van der Waals surface area contributed by atoms with Gasteiger partial charge in [-0.1, -0.05) is 170 Å². The SMILES string of the molecule is c1ccc(-c2cc(-c3ccccc3)nc(-c3ccc(-c4cccc5cccc(-c6ccc(-c7nc(-c8ccccc8)cc(-c8ccccc8)n7)nc6)c45)cn3)n2)cc1. The molecule has 6 nitrogen and oxygen atoms in total. The Balaban J connectivity index is 1.01. The van der Waals surface area contributed by atoms with Gasteiger partial charge in [-0.05, 0) is 46.2 Å². The van der Waals surface area contributed by atoms with Gasteiger partial charge in [-0.2, -0.15) is 0 Å². The topological polar surface area (TPSA) is 77.3 Å². The van der Waals surface area contributed by atoms with Gasteiger partial charge in [0, 0.05) is 45.8 Å². The molecule has 0 N–H and O–H groups in total. The molecule has 0 fully saturated rings. The number of aromatic nitrogens is 6. The van der Waals surface area contributed by atoms with Crippen molar-refractivity contribution in [1.29, 1.82) is 0 Å². The van der Waals surface area contributed by atoms with Crippen LogP contribution in [0.5, 0.6) is 0 Å². The highest BCUT2D eigenvalue weighted by atomic mass is 14.9. The summed E-state index contributed by atoms with van der Waals surface area (Å²) in [7, 11) is 0. The summed E-state index contributed by atoms with van der Waals surface area (Å²) < 4.78 is 0. The van der Waals surface area contributed by atoms with Gasteiger partial charge in [0.2, 0.25) is 0 Å². The van der Waals surface area contributed by atoms with Crippen molar-refractivity contribution in [2.75, 3.05) is 0 Å². The molecule has 0 aliphatic carbocycles. The van der Waals surface area contributed by atoms with Crippen molar-refractivity contribution in [1.82, 2.24) is 29.9 Å². The third kappa shape index (κ3) is 6.91. The molecule has 0 unspecified atom stereocenters. The molecular weight excluding hydrogens is 709 g/mol. The fourth-order valence-corrected chi connectivity index (χ4v) is 7.34. The van der Waals surface area contributed by atoms with E-state index in [4.69, 9.17) is 29.9 Å². The van der Waals surface area contributed by atoms with Crippen molar-refractivity contribution >= 4 is 10.8 Å². The van der Waals surface area contributed by atoms with Gasteiger partial charge in [0.25, 0.3) is 0 Å². The number of hydrogen-bond donors (Lipinski definition) is 0. The first-order valence-electron chi connectivity index (χ1n) is 19.2. The lowest BCUT2D eigenvalue weighted by Crippen LogP contribution is -1.98. The van der Waals surface area contributed by atoms with Crippen molar-refractivity contribution in [2.45, 2.75) is 0 Å². The highest BCUT2D eigenvalue weighted by Gasteiger charge is 2.16. The molecule has 10 rings (SSSR count). The van der Waals surface area contributed by atoms with Crippen molar-refractivity contribution in [3.05, 3.63) is 207 Å². The molecule has 0 bridgehead atoms. The highest BCUT2D eigenvalue weighted by Crippen LogP contribution is 2.37. The lowest BCUT2D eigenvalue weighted by molar-refractivity contribution is 1.15. The maximum absolute atomic E-state index is 4.99. The van der Waals surface area contributed by atoms with Crippen LogP contribution in [0, 0.1) is 0 Å². The van der Waals surface area contributed by atoms with Crippen LogP contribution in [0.4, 0.5) is 0 Å². The molecule has 0 radical (unpaired) electrons. The van der Waals surface area contributed by atoms with Gasteiger partial charge in [0.05, 0.1) is 22.8 Å². The molecule has 4 aromatic heterocycles. The number of benzene rings is 6. The quantitative estimate of drug-likeness (QED) is 0.154. The Morgan fingerprint density at radius 3 is 0.914 bits per heavy atom. The monoisotopic (exact) mass is 742 g/mol. The Bertz CT molecular complexity index is 2690. The minimum absolute atomic E-state index is 0.575. The van der Waals surface area contributed by atoms with Crippen LogP contribution in [-0.4, -0.2) is 29.9 Å².